The Morgan fingerprint density at radius 2 is 2.12 bits per heavy atom. The van der Waals surface area contributed by atoms with Crippen LogP contribution in [0.1, 0.15) is 23.6 Å². The van der Waals surface area contributed by atoms with Gasteiger partial charge in [0, 0.05) is 0 Å². The summed E-state index contributed by atoms with van der Waals surface area (Å²) in [4.78, 5) is 11.4. The zero-order valence-electron chi connectivity index (χ0n) is 10.1. The van der Waals surface area contributed by atoms with Crippen LogP contribution in [-0.4, -0.2) is 18.6 Å². The van der Waals surface area contributed by atoms with E-state index in [1.54, 1.807) is 6.92 Å². The van der Waals surface area contributed by atoms with Crippen molar-refractivity contribution in [1.82, 2.24) is 0 Å². The van der Waals surface area contributed by atoms with Gasteiger partial charge in [0.1, 0.15) is 6.04 Å². The molecule has 0 fully saturated rings. The molecule has 0 aliphatic rings. The maximum atomic E-state index is 11.4. The van der Waals surface area contributed by atoms with E-state index in [9.17, 15) is 4.79 Å². The molecule has 0 aliphatic carbocycles. The monoisotopic (exact) mass is 221 g/mol. The summed E-state index contributed by atoms with van der Waals surface area (Å²) in [5.41, 5.74) is 9.23. The van der Waals surface area contributed by atoms with Gasteiger partial charge in [0.05, 0.1) is 6.61 Å². The Labute approximate surface area is 96.6 Å². The number of aryl methyl sites for hydroxylation is 2. The minimum atomic E-state index is -0.569. The van der Waals surface area contributed by atoms with E-state index < -0.39 is 6.04 Å². The van der Waals surface area contributed by atoms with Crippen LogP contribution < -0.4 is 5.73 Å². The second kappa shape index (κ2) is 5.66. The van der Waals surface area contributed by atoms with Gasteiger partial charge < -0.3 is 10.5 Å². The number of carbonyl (C=O) groups excluding carboxylic acids is 1. The minimum Gasteiger partial charge on any atom is -0.465 e. The second-order valence-electron chi connectivity index (χ2n) is 3.99. The lowest BCUT2D eigenvalue weighted by Crippen LogP contribution is -2.34. The average Bonchev–Trinajstić information content (AvgIpc) is 2.23. The Bertz CT molecular complexity index is 374. The first-order valence-corrected chi connectivity index (χ1v) is 5.53. The van der Waals surface area contributed by atoms with Gasteiger partial charge in [-0.3, -0.25) is 4.79 Å². The topological polar surface area (TPSA) is 52.3 Å². The lowest BCUT2D eigenvalue weighted by Gasteiger charge is -2.12. The molecule has 1 aromatic rings. The summed E-state index contributed by atoms with van der Waals surface area (Å²) in [7, 11) is 0. The van der Waals surface area contributed by atoms with Crippen molar-refractivity contribution >= 4 is 5.97 Å². The molecule has 0 radical (unpaired) electrons. The molecular weight excluding hydrogens is 202 g/mol. The molecule has 3 nitrogen and oxygen atoms in total. The highest BCUT2D eigenvalue weighted by Gasteiger charge is 2.15. The number of hydrogen-bond donors (Lipinski definition) is 1. The van der Waals surface area contributed by atoms with Crippen molar-refractivity contribution < 1.29 is 9.53 Å². The van der Waals surface area contributed by atoms with Crippen LogP contribution >= 0.6 is 0 Å². The number of esters is 1. The first kappa shape index (κ1) is 12.7. The van der Waals surface area contributed by atoms with Crippen LogP contribution in [0.2, 0.25) is 0 Å². The fourth-order valence-electron chi connectivity index (χ4n) is 1.59. The Morgan fingerprint density at radius 1 is 1.44 bits per heavy atom. The van der Waals surface area contributed by atoms with Gasteiger partial charge in [-0.25, -0.2) is 0 Å². The van der Waals surface area contributed by atoms with Crippen LogP contribution in [0.15, 0.2) is 18.2 Å². The summed E-state index contributed by atoms with van der Waals surface area (Å²) < 4.78 is 4.88. The fourth-order valence-corrected chi connectivity index (χ4v) is 1.59. The number of hydrogen-bond acceptors (Lipinski definition) is 3. The van der Waals surface area contributed by atoms with Crippen LogP contribution in [0.25, 0.3) is 0 Å². The number of nitrogens with two attached hydrogens (primary N) is 1. The van der Waals surface area contributed by atoms with Crippen LogP contribution in [0.5, 0.6) is 0 Å². The summed E-state index contributed by atoms with van der Waals surface area (Å²) >= 11 is 0. The van der Waals surface area contributed by atoms with Crippen molar-refractivity contribution in [2.75, 3.05) is 6.61 Å². The zero-order chi connectivity index (χ0) is 12.1. The Kier molecular flexibility index (Phi) is 4.50. The predicted molar refractivity (Wildman–Crippen MR) is 64.2 cm³/mol. The van der Waals surface area contributed by atoms with Crippen molar-refractivity contribution in [1.29, 1.82) is 0 Å². The molecule has 0 heterocycles. The SMILES string of the molecule is CCOC(=O)C(N)Cc1cc(C)ccc1C. The van der Waals surface area contributed by atoms with Crippen LogP contribution in [0.4, 0.5) is 0 Å². The molecule has 3 heteroatoms. The first-order chi connectivity index (χ1) is 7.54. The molecule has 2 N–H and O–H groups in total. The van der Waals surface area contributed by atoms with Crippen molar-refractivity contribution in [2.45, 2.75) is 33.2 Å². The molecule has 0 saturated carbocycles. The summed E-state index contributed by atoms with van der Waals surface area (Å²) in [6, 6.07) is 5.59. The van der Waals surface area contributed by atoms with Gasteiger partial charge in [0.2, 0.25) is 0 Å². The van der Waals surface area contributed by atoms with Gasteiger partial charge >= 0.3 is 5.97 Å². The zero-order valence-corrected chi connectivity index (χ0v) is 10.1. The summed E-state index contributed by atoms with van der Waals surface area (Å²) in [6.07, 6.45) is 0.534. The van der Waals surface area contributed by atoms with E-state index in [1.165, 1.54) is 5.56 Å². The van der Waals surface area contributed by atoms with Gasteiger partial charge in [0.25, 0.3) is 0 Å². The predicted octanol–water partition coefficient (Wildman–Crippen LogP) is 1.74. The molecule has 0 saturated heterocycles. The molecule has 1 rings (SSSR count). The van der Waals surface area contributed by atoms with E-state index in [-0.39, 0.29) is 5.97 Å². The number of ether oxygens (including phenoxy) is 1. The van der Waals surface area contributed by atoms with Gasteiger partial charge in [-0.05, 0) is 38.3 Å². The second-order valence-corrected chi connectivity index (χ2v) is 3.99. The Morgan fingerprint density at radius 3 is 2.75 bits per heavy atom. The maximum absolute atomic E-state index is 11.4. The fraction of sp³-hybridized carbons (Fsp3) is 0.462. The number of carbonyl (C=O) groups is 1. The average molecular weight is 221 g/mol. The molecule has 1 unspecified atom stereocenters. The van der Waals surface area contributed by atoms with E-state index in [4.69, 9.17) is 10.5 Å². The maximum Gasteiger partial charge on any atom is 0.323 e. The highest BCUT2D eigenvalue weighted by molar-refractivity contribution is 5.75. The standard InChI is InChI=1S/C13H19NO2/c1-4-16-13(15)12(14)8-11-7-9(2)5-6-10(11)3/h5-7,12H,4,8,14H2,1-3H3. The molecule has 1 aromatic carbocycles. The van der Waals surface area contributed by atoms with E-state index in [0.29, 0.717) is 13.0 Å². The number of benzene rings is 1. The minimum absolute atomic E-state index is 0.330. The Hall–Kier alpha value is -1.35. The van der Waals surface area contributed by atoms with Crippen molar-refractivity contribution in [2.24, 2.45) is 5.73 Å². The van der Waals surface area contributed by atoms with E-state index >= 15 is 0 Å². The van der Waals surface area contributed by atoms with Crippen LogP contribution in [0, 0.1) is 13.8 Å². The van der Waals surface area contributed by atoms with Gasteiger partial charge in [-0.1, -0.05) is 23.8 Å². The van der Waals surface area contributed by atoms with E-state index in [2.05, 4.69) is 12.1 Å². The summed E-state index contributed by atoms with van der Waals surface area (Å²) in [5.74, 6) is -0.330. The lowest BCUT2D eigenvalue weighted by molar-refractivity contribution is -0.144. The molecule has 1 atom stereocenters. The van der Waals surface area contributed by atoms with Gasteiger partial charge in [-0.15, -0.1) is 0 Å². The molecule has 0 aromatic heterocycles. The summed E-state index contributed by atoms with van der Waals surface area (Å²) in [5, 5.41) is 0. The van der Waals surface area contributed by atoms with E-state index in [1.807, 2.05) is 19.9 Å². The van der Waals surface area contributed by atoms with Crippen molar-refractivity contribution in [3.63, 3.8) is 0 Å². The molecular formula is C13H19NO2. The third-order valence-electron chi connectivity index (χ3n) is 2.53. The highest BCUT2D eigenvalue weighted by Crippen LogP contribution is 2.12. The highest BCUT2D eigenvalue weighted by atomic mass is 16.5. The largest absolute Gasteiger partial charge is 0.465 e. The van der Waals surface area contributed by atoms with Gasteiger partial charge in [0.15, 0.2) is 0 Å². The smallest absolute Gasteiger partial charge is 0.323 e. The normalized spacial score (nSPS) is 12.2. The summed E-state index contributed by atoms with van der Waals surface area (Å²) in [6.45, 7) is 6.20. The van der Waals surface area contributed by atoms with Crippen molar-refractivity contribution in [3.05, 3.63) is 34.9 Å². The molecule has 0 bridgehead atoms. The van der Waals surface area contributed by atoms with E-state index in [0.717, 1.165) is 11.1 Å². The lowest BCUT2D eigenvalue weighted by atomic mass is 9.99. The Balaban J connectivity index is 2.72. The van der Waals surface area contributed by atoms with Crippen LogP contribution in [0.3, 0.4) is 0 Å². The molecule has 0 amide bonds. The third kappa shape index (κ3) is 3.35. The third-order valence-corrected chi connectivity index (χ3v) is 2.53. The van der Waals surface area contributed by atoms with Crippen LogP contribution in [-0.2, 0) is 16.0 Å². The quantitative estimate of drug-likeness (QED) is 0.788. The molecule has 0 spiro atoms. The number of rotatable bonds is 4. The molecule has 16 heavy (non-hydrogen) atoms. The van der Waals surface area contributed by atoms with Gasteiger partial charge in [-0.2, -0.15) is 0 Å². The molecule has 88 valence electrons. The van der Waals surface area contributed by atoms with Crippen molar-refractivity contribution in [3.8, 4) is 0 Å². The molecule has 0 aliphatic heterocycles. The first-order valence-electron chi connectivity index (χ1n) is 5.53.